The molecule has 6 unspecified atom stereocenters. The van der Waals surface area contributed by atoms with Crippen LogP contribution in [0.4, 0.5) is 10.1 Å². The first kappa shape index (κ1) is 22.5. The second-order valence-corrected chi connectivity index (χ2v) is 10.5. The molecule has 2 heterocycles. The number of ether oxygens (including phenoxy) is 1. The lowest BCUT2D eigenvalue weighted by atomic mass is 9.71. The molecule has 8 heteroatoms. The molecule has 2 aliphatic heterocycles. The van der Waals surface area contributed by atoms with Crippen molar-refractivity contribution in [1.29, 1.82) is 0 Å². The van der Waals surface area contributed by atoms with Crippen molar-refractivity contribution in [3.8, 4) is 5.75 Å². The van der Waals surface area contributed by atoms with Gasteiger partial charge in [-0.2, -0.15) is 0 Å². The summed E-state index contributed by atoms with van der Waals surface area (Å²) < 4.78 is 19.6. The Balaban J connectivity index is 1.11. The SMILES string of the molecule is O=C1C2C3CC(C4C(c5ccc(OCc6ccccc6)cc5)=NOC34)C2C(=O)N1c1ccc(F)c(Cl)c1. The van der Waals surface area contributed by atoms with Crippen molar-refractivity contribution < 1.29 is 23.6 Å². The number of imide groups is 1. The maximum atomic E-state index is 13.7. The van der Waals surface area contributed by atoms with Gasteiger partial charge in [0.2, 0.25) is 11.8 Å². The number of oxime groups is 1. The lowest BCUT2D eigenvalue weighted by molar-refractivity contribution is -0.125. The van der Waals surface area contributed by atoms with Crippen molar-refractivity contribution in [2.45, 2.75) is 19.1 Å². The van der Waals surface area contributed by atoms with Gasteiger partial charge in [0.05, 0.1) is 28.3 Å². The smallest absolute Gasteiger partial charge is 0.238 e. The summed E-state index contributed by atoms with van der Waals surface area (Å²) in [6.45, 7) is 0.480. The molecular weight excluding hydrogens is 495 g/mol. The van der Waals surface area contributed by atoms with Gasteiger partial charge >= 0.3 is 0 Å². The number of carbonyl (C=O) groups excluding carboxylic acids is 2. The van der Waals surface area contributed by atoms with E-state index in [1.807, 2.05) is 54.6 Å². The third-order valence-electron chi connectivity index (χ3n) is 8.25. The normalized spacial score (nSPS) is 29.2. The van der Waals surface area contributed by atoms with Crippen molar-refractivity contribution in [1.82, 2.24) is 0 Å². The molecule has 2 saturated carbocycles. The van der Waals surface area contributed by atoms with E-state index in [1.165, 1.54) is 23.1 Å². The van der Waals surface area contributed by atoms with Gasteiger partial charge in [-0.25, -0.2) is 9.29 Å². The number of hydrogen-bond acceptors (Lipinski definition) is 5. The number of rotatable bonds is 5. The Morgan fingerprint density at radius 3 is 2.41 bits per heavy atom. The van der Waals surface area contributed by atoms with Crippen LogP contribution in [0.2, 0.25) is 5.02 Å². The highest BCUT2D eigenvalue weighted by Crippen LogP contribution is 2.62. The standard InChI is InChI=1S/C29H22ClFN2O4/c30-21-12-17(8-11-22(21)31)33-28(34)23-19-13-20(24(23)29(33)35)27-25(19)26(32-37-27)16-6-9-18(10-7-16)36-14-15-4-2-1-3-5-15/h1-12,19-20,23-25,27H,13-14H2. The van der Waals surface area contributed by atoms with Crippen molar-refractivity contribution in [2.24, 2.45) is 34.7 Å². The Kier molecular flexibility index (Phi) is 5.11. The first-order valence-corrected chi connectivity index (χ1v) is 12.7. The van der Waals surface area contributed by atoms with Crippen molar-refractivity contribution >= 4 is 34.8 Å². The monoisotopic (exact) mass is 516 g/mol. The molecule has 0 aromatic heterocycles. The van der Waals surface area contributed by atoms with Gasteiger partial charge < -0.3 is 9.57 Å². The minimum atomic E-state index is -0.593. The topological polar surface area (TPSA) is 68.2 Å². The summed E-state index contributed by atoms with van der Waals surface area (Å²) in [5, 5.41) is 4.29. The zero-order chi connectivity index (χ0) is 25.3. The lowest BCUT2D eigenvalue weighted by Gasteiger charge is -2.29. The van der Waals surface area contributed by atoms with Crippen LogP contribution in [0.1, 0.15) is 17.5 Å². The van der Waals surface area contributed by atoms with E-state index in [9.17, 15) is 14.0 Å². The first-order chi connectivity index (χ1) is 18.0. The highest BCUT2D eigenvalue weighted by Gasteiger charge is 2.70. The lowest BCUT2D eigenvalue weighted by Crippen LogP contribution is -2.41. The van der Waals surface area contributed by atoms with Gasteiger partial charge in [-0.3, -0.25) is 9.59 Å². The first-order valence-electron chi connectivity index (χ1n) is 12.3. The Morgan fingerprint density at radius 1 is 0.946 bits per heavy atom. The fourth-order valence-corrected chi connectivity index (χ4v) is 6.88. The van der Waals surface area contributed by atoms with E-state index in [0.717, 1.165) is 29.0 Å². The summed E-state index contributed by atoms with van der Waals surface area (Å²) in [6, 6.07) is 21.6. The molecule has 6 atom stereocenters. The second-order valence-electron chi connectivity index (χ2n) is 10.1. The number of halogens is 2. The van der Waals surface area contributed by atoms with Gasteiger partial charge in [0.1, 0.15) is 24.3 Å². The molecule has 3 aromatic rings. The predicted octanol–water partition coefficient (Wildman–Crippen LogP) is 5.23. The summed E-state index contributed by atoms with van der Waals surface area (Å²) in [6.07, 6.45) is 0.515. The van der Waals surface area contributed by atoms with Crippen LogP contribution >= 0.6 is 11.6 Å². The molecule has 0 spiro atoms. The zero-order valence-electron chi connectivity index (χ0n) is 19.6. The van der Waals surface area contributed by atoms with Crippen LogP contribution in [0.3, 0.4) is 0 Å². The largest absolute Gasteiger partial charge is 0.489 e. The van der Waals surface area contributed by atoms with Gasteiger partial charge in [0.15, 0.2) is 0 Å². The average Bonchev–Trinajstić information content (AvgIpc) is 3.66. The van der Waals surface area contributed by atoms with E-state index >= 15 is 0 Å². The Hall–Kier alpha value is -3.71. The van der Waals surface area contributed by atoms with Gasteiger partial charge in [-0.05, 0) is 60.4 Å². The summed E-state index contributed by atoms with van der Waals surface area (Å²) in [7, 11) is 0. The molecule has 0 radical (unpaired) electrons. The van der Waals surface area contributed by atoms with Crippen molar-refractivity contribution in [3.05, 3.63) is 94.8 Å². The molecule has 4 aliphatic rings. The number of hydrogen-bond donors (Lipinski definition) is 0. The van der Waals surface area contributed by atoms with E-state index in [-0.39, 0.29) is 40.7 Å². The highest BCUT2D eigenvalue weighted by molar-refractivity contribution is 6.31. The maximum Gasteiger partial charge on any atom is 0.238 e. The summed E-state index contributed by atoms with van der Waals surface area (Å²) >= 11 is 5.94. The van der Waals surface area contributed by atoms with Crippen LogP contribution in [0, 0.1) is 35.4 Å². The molecule has 2 bridgehead atoms. The number of anilines is 1. The average molecular weight is 517 g/mol. The number of benzene rings is 3. The van der Waals surface area contributed by atoms with Crippen LogP contribution in [0.5, 0.6) is 5.75 Å². The molecule has 37 heavy (non-hydrogen) atoms. The third-order valence-corrected chi connectivity index (χ3v) is 8.54. The van der Waals surface area contributed by atoms with Crippen LogP contribution < -0.4 is 9.64 Å². The van der Waals surface area contributed by atoms with Crippen LogP contribution in [0.25, 0.3) is 0 Å². The highest BCUT2D eigenvalue weighted by atomic mass is 35.5. The number of fused-ring (bicyclic) bond motifs is 8. The van der Waals surface area contributed by atoms with Gasteiger partial charge in [0, 0.05) is 17.4 Å². The molecule has 186 valence electrons. The minimum absolute atomic E-state index is 0.0485. The Labute approximate surface area is 217 Å². The molecule has 3 fully saturated rings. The molecular formula is C29H22ClFN2O4. The van der Waals surface area contributed by atoms with Gasteiger partial charge in [0.25, 0.3) is 0 Å². The molecule has 7 rings (SSSR count). The molecule has 0 N–H and O–H groups in total. The quantitative estimate of drug-likeness (QED) is 0.435. The maximum absolute atomic E-state index is 13.7. The fourth-order valence-electron chi connectivity index (χ4n) is 6.71. The molecule has 6 nitrogen and oxygen atoms in total. The van der Waals surface area contributed by atoms with Gasteiger partial charge in [-0.1, -0.05) is 47.1 Å². The van der Waals surface area contributed by atoms with Crippen LogP contribution in [0.15, 0.2) is 78.0 Å². The second kappa shape index (κ2) is 8.42. The fraction of sp³-hybridized carbons (Fsp3) is 0.276. The van der Waals surface area contributed by atoms with Crippen molar-refractivity contribution in [2.75, 3.05) is 4.90 Å². The summed E-state index contributed by atoms with van der Waals surface area (Å²) in [5.74, 6) is -1.45. The van der Waals surface area contributed by atoms with Crippen molar-refractivity contribution in [3.63, 3.8) is 0 Å². The molecule has 1 saturated heterocycles. The van der Waals surface area contributed by atoms with E-state index < -0.39 is 17.7 Å². The summed E-state index contributed by atoms with van der Waals surface area (Å²) in [4.78, 5) is 34.0. The third kappa shape index (κ3) is 3.40. The molecule has 3 aromatic carbocycles. The van der Waals surface area contributed by atoms with E-state index in [1.54, 1.807) is 0 Å². The molecule has 2 amide bonds. The molecule has 2 aliphatic carbocycles. The number of amides is 2. The number of carbonyl (C=O) groups is 2. The zero-order valence-corrected chi connectivity index (χ0v) is 20.3. The van der Waals surface area contributed by atoms with E-state index in [4.69, 9.17) is 21.2 Å². The Bertz CT molecular complexity index is 1440. The summed E-state index contributed by atoms with van der Waals surface area (Å²) in [5.41, 5.74) is 3.13. The number of nitrogens with zero attached hydrogens (tertiary/aromatic N) is 2. The van der Waals surface area contributed by atoms with E-state index in [0.29, 0.717) is 12.3 Å². The Morgan fingerprint density at radius 2 is 1.68 bits per heavy atom. The van der Waals surface area contributed by atoms with Crippen LogP contribution in [-0.4, -0.2) is 23.6 Å². The van der Waals surface area contributed by atoms with Crippen LogP contribution in [-0.2, 0) is 21.0 Å². The minimum Gasteiger partial charge on any atom is -0.489 e. The van der Waals surface area contributed by atoms with Gasteiger partial charge in [-0.15, -0.1) is 0 Å². The van der Waals surface area contributed by atoms with E-state index in [2.05, 4.69) is 5.16 Å². The predicted molar refractivity (Wildman–Crippen MR) is 135 cm³/mol.